The standard InChI is InChI=1S/C14H18BrNO3/c1-13(2,18)7-12(17)16-8-14(19,9-16)10-3-5-11(15)6-4-10/h3-6,18-19H,7-9H2,1-2H3. The molecule has 1 aliphatic heterocycles. The van der Waals surface area contributed by atoms with Gasteiger partial charge in [0.1, 0.15) is 5.60 Å². The minimum atomic E-state index is -1.01. The number of benzene rings is 1. The fourth-order valence-electron chi connectivity index (χ4n) is 2.19. The van der Waals surface area contributed by atoms with E-state index in [1.165, 1.54) is 0 Å². The first-order valence-corrected chi connectivity index (χ1v) is 6.97. The molecule has 0 bridgehead atoms. The van der Waals surface area contributed by atoms with Crippen molar-refractivity contribution in [2.75, 3.05) is 13.1 Å². The Kier molecular flexibility index (Phi) is 3.73. The largest absolute Gasteiger partial charge is 0.390 e. The van der Waals surface area contributed by atoms with Crippen LogP contribution in [0.3, 0.4) is 0 Å². The lowest BCUT2D eigenvalue weighted by Gasteiger charge is -2.47. The van der Waals surface area contributed by atoms with Crippen LogP contribution in [0.25, 0.3) is 0 Å². The summed E-state index contributed by atoms with van der Waals surface area (Å²) in [5.74, 6) is -0.130. The predicted molar refractivity (Wildman–Crippen MR) is 75.5 cm³/mol. The Balaban J connectivity index is 1.98. The SMILES string of the molecule is CC(C)(O)CC(=O)N1CC(O)(c2ccc(Br)cc2)C1. The smallest absolute Gasteiger partial charge is 0.225 e. The van der Waals surface area contributed by atoms with Gasteiger partial charge in [0.15, 0.2) is 0 Å². The zero-order chi connectivity index (χ0) is 14.3. The summed E-state index contributed by atoms with van der Waals surface area (Å²) >= 11 is 3.35. The van der Waals surface area contributed by atoms with Crippen molar-refractivity contribution in [3.05, 3.63) is 34.3 Å². The van der Waals surface area contributed by atoms with Crippen molar-refractivity contribution in [2.24, 2.45) is 0 Å². The van der Waals surface area contributed by atoms with Crippen LogP contribution in [-0.2, 0) is 10.4 Å². The molecule has 0 aromatic heterocycles. The summed E-state index contributed by atoms with van der Waals surface area (Å²) in [5.41, 5.74) is -1.17. The molecule has 1 aliphatic rings. The number of aliphatic hydroxyl groups is 2. The van der Waals surface area contributed by atoms with Gasteiger partial charge in [0.2, 0.25) is 5.91 Å². The average molecular weight is 328 g/mol. The molecule has 5 heteroatoms. The zero-order valence-corrected chi connectivity index (χ0v) is 12.6. The van der Waals surface area contributed by atoms with Crippen LogP contribution in [0.1, 0.15) is 25.8 Å². The van der Waals surface area contributed by atoms with Gasteiger partial charge in [-0.1, -0.05) is 28.1 Å². The molecule has 0 aliphatic carbocycles. The Morgan fingerprint density at radius 1 is 1.37 bits per heavy atom. The van der Waals surface area contributed by atoms with Crippen LogP contribution in [0, 0.1) is 0 Å². The third kappa shape index (κ3) is 3.35. The highest BCUT2D eigenvalue weighted by Crippen LogP contribution is 2.33. The van der Waals surface area contributed by atoms with Crippen molar-refractivity contribution in [3.63, 3.8) is 0 Å². The Morgan fingerprint density at radius 2 is 1.89 bits per heavy atom. The summed E-state index contributed by atoms with van der Waals surface area (Å²) in [6.45, 7) is 3.77. The molecule has 1 aromatic rings. The van der Waals surface area contributed by atoms with Crippen LogP contribution in [-0.4, -0.2) is 39.7 Å². The quantitative estimate of drug-likeness (QED) is 0.887. The zero-order valence-electron chi connectivity index (χ0n) is 11.1. The number of β-amino-alcohol motifs (C(OH)–C–C–N with tert-alkyl or cyclic N) is 1. The van der Waals surface area contributed by atoms with Crippen molar-refractivity contribution < 1.29 is 15.0 Å². The van der Waals surface area contributed by atoms with Gasteiger partial charge >= 0.3 is 0 Å². The molecule has 1 heterocycles. The second-order valence-corrected chi connectivity index (χ2v) is 6.69. The van der Waals surface area contributed by atoms with E-state index in [1.807, 2.05) is 24.3 Å². The number of hydrogen-bond donors (Lipinski definition) is 2. The van der Waals surface area contributed by atoms with E-state index in [4.69, 9.17) is 0 Å². The topological polar surface area (TPSA) is 60.8 Å². The Hall–Kier alpha value is -0.910. The van der Waals surface area contributed by atoms with E-state index in [-0.39, 0.29) is 25.4 Å². The van der Waals surface area contributed by atoms with Gasteiger partial charge in [0.25, 0.3) is 0 Å². The van der Waals surface area contributed by atoms with Gasteiger partial charge in [-0.3, -0.25) is 4.79 Å². The highest BCUT2D eigenvalue weighted by atomic mass is 79.9. The molecule has 19 heavy (non-hydrogen) atoms. The molecule has 1 amide bonds. The summed E-state index contributed by atoms with van der Waals surface area (Å²) in [7, 11) is 0. The normalized spacial score (nSPS) is 18.1. The van der Waals surface area contributed by atoms with Crippen LogP contribution in [0.5, 0.6) is 0 Å². The van der Waals surface area contributed by atoms with E-state index in [0.29, 0.717) is 0 Å². The summed E-state index contributed by atoms with van der Waals surface area (Å²) in [5, 5.41) is 20.0. The minimum absolute atomic E-state index is 0.0728. The Bertz CT molecular complexity index is 472. The van der Waals surface area contributed by atoms with Crippen LogP contribution in [0.15, 0.2) is 28.7 Å². The third-order valence-electron chi connectivity index (χ3n) is 3.22. The molecule has 1 fully saturated rings. The maximum absolute atomic E-state index is 11.9. The van der Waals surface area contributed by atoms with Crippen LogP contribution in [0.2, 0.25) is 0 Å². The fourth-order valence-corrected chi connectivity index (χ4v) is 2.45. The molecule has 0 unspecified atom stereocenters. The number of nitrogens with zero attached hydrogens (tertiary/aromatic N) is 1. The highest BCUT2D eigenvalue weighted by molar-refractivity contribution is 9.10. The molecule has 4 nitrogen and oxygen atoms in total. The average Bonchev–Trinajstić information content (AvgIpc) is 2.23. The first kappa shape index (κ1) is 14.5. The van der Waals surface area contributed by atoms with Crippen LogP contribution in [0.4, 0.5) is 0 Å². The monoisotopic (exact) mass is 327 g/mol. The van der Waals surface area contributed by atoms with E-state index in [0.717, 1.165) is 10.0 Å². The van der Waals surface area contributed by atoms with Crippen LogP contribution >= 0.6 is 15.9 Å². The van der Waals surface area contributed by atoms with E-state index >= 15 is 0 Å². The molecule has 1 saturated heterocycles. The molecule has 104 valence electrons. The van der Waals surface area contributed by atoms with E-state index < -0.39 is 11.2 Å². The minimum Gasteiger partial charge on any atom is -0.390 e. The molecule has 2 rings (SSSR count). The number of likely N-dealkylation sites (tertiary alicyclic amines) is 1. The lowest BCUT2D eigenvalue weighted by Crippen LogP contribution is -2.61. The van der Waals surface area contributed by atoms with Gasteiger partial charge < -0.3 is 15.1 Å². The number of rotatable bonds is 3. The van der Waals surface area contributed by atoms with Gasteiger partial charge in [-0.15, -0.1) is 0 Å². The van der Waals surface area contributed by atoms with Crippen molar-refractivity contribution in [2.45, 2.75) is 31.5 Å². The molecule has 0 spiro atoms. The van der Waals surface area contributed by atoms with Gasteiger partial charge in [-0.2, -0.15) is 0 Å². The summed E-state index contributed by atoms with van der Waals surface area (Å²) in [6.07, 6.45) is 0.0728. The molecule has 2 N–H and O–H groups in total. The number of amides is 1. The third-order valence-corrected chi connectivity index (χ3v) is 3.75. The van der Waals surface area contributed by atoms with Crippen molar-refractivity contribution in [1.29, 1.82) is 0 Å². The van der Waals surface area contributed by atoms with E-state index in [2.05, 4.69) is 15.9 Å². The number of hydrogen-bond acceptors (Lipinski definition) is 3. The van der Waals surface area contributed by atoms with Crippen molar-refractivity contribution in [3.8, 4) is 0 Å². The number of halogens is 1. The predicted octanol–water partition coefficient (Wildman–Crippen LogP) is 1.64. The van der Waals surface area contributed by atoms with Crippen LogP contribution < -0.4 is 0 Å². The summed E-state index contributed by atoms with van der Waals surface area (Å²) < 4.78 is 0.953. The summed E-state index contributed by atoms with van der Waals surface area (Å²) in [6, 6.07) is 7.44. The lowest BCUT2D eigenvalue weighted by atomic mass is 9.85. The fraction of sp³-hybridized carbons (Fsp3) is 0.500. The molecule has 0 saturated carbocycles. The van der Waals surface area contributed by atoms with Crippen molar-refractivity contribution in [1.82, 2.24) is 4.90 Å². The molecule has 1 aromatic carbocycles. The van der Waals surface area contributed by atoms with Gasteiger partial charge in [0.05, 0.1) is 25.1 Å². The first-order valence-electron chi connectivity index (χ1n) is 6.18. The second-order valence-electron chi connectivity index (χ2n) is 5.78. The first-order chi connectivity index (χ1) is 8.70. The number of carbonyl (C=O) groups is 1. The molecular formula is C14H18BrNO3. The van der Waals surface area contributed by atoms with Gasteiger partial charge in [0, 0.05) is 4.47 Å². The molecule has 0 radical (unpaired) electrons. The van der Waals surface area contributed by atoms with E-state index in [1.54, 1.807) is 18.7 Å². The second kappa shape index (κ2) is 4.89. The Morgan fingerprint density at radius 3 is 2.37 bits per heavy atom. The van der Waals surface area contributed by atoms with Gasteiger partial charge in [-0.25, -0.2) is 0 Å². The molecular weight excluding hydrogens is 310 g/mol. The maximum Gasteiger partial charge on any atom is 0.225 e. The maximum atomic E-state index is 11.9. The van der Waals surface area contributed by atoms with E-state index in [9.17, 15) is 15.0 Å². The highest BCUT2D eigenvalue weighted by Gasteiger charge is 2.45. The lowest BCUT2D eigenvalue weighted by molar-refractivity contribution is -0.160. The Labute approximate surface area is 121 Å². The summed E-state index contributed by atoms with van der Waals surface area (Å²) in [4.78, 5) is 13.4. The number of carbonyl (C=O) groups excluding carboxylic acids is 1. The molecule has 0 atom stereocenters. The van der Waals surface area contributed by atoms with Gasteiger partial charge in [-0.05, 0) is 31.5 Å². The van der Waals surface area contributed by atoms with Crippen molar-refractivity contribution >= 4 is 21.8 Å².